The fraction of sp³-hybridized carbons (Fsp3) is 0.333. The molecule has 1 aromatic carbocycles. The second kappa shape index (κ2) is 7.33. The van der Waals surface area contributed by atoms with E-state index in [0.717, 1.165) is 42.9 Å². The summed E-state index contributed by atoms with van der Waals surface area (Å²) in [7, 11) is 0. The molecule has 2 rings (SSSR count). The first-order chi connectivity index (χ1) is 10.2. The molecule has 0 unspecified atom stereocenters. The van der Waals surface area contributed by atoms with Crippen LogP contribution in [0, 0.1) is 10.1 Å². The van der Waals surface area contributed by atoms with Gasteiger partial charge in [-0.1, -0.05) is 25.5 Å². The summed E-state index contributed by atoms with van der Waals surface area (Å²) >= 11 is 0. The summed E-state index contributed by atoms with van der Waals surface area (Å²) in [5, 5.41) is 13.8. The zero-order valence-electron chi connectivity index (χ0n) is 12.0. The van der Waals surface area contributed by atoms with Crippen LogP contribution in [0.1, 0.15) is 24.6 Å². The molecular weight excluding hydrogens is 268 g/mol. The van der Waals surface area contributed by atoms with Crippen LogP contribution in [0.25, 0.3) is 0 Å². The van der Waals surface area contributed by atoms with Gasteiger partial charge in [-0.25, -0.2) is 9.97 Å². The van der Waals surface area contributed by atoms with Gasteiger partial charge in [0.1, 0.15) is 12.1 Å². The van der Waals surface area contributed by atoms with Crippen molar-refractivity contribution in [2.75, 3.05) is 11.9 Å². The summed E-state index contributed by atoms with van der Waals surface area (Å²) in [5.41, 5.74) is 2.20. The fourth-order valence-corrected chi connectivity index (χ4v) is 2.01. The molecule has 1 heterocycles. The number of aryl methyl sites for hydroxylation is 1. The Hall–Kier alpha value is -2.50. The van der Waals surface area contributed by atoms with Gasteiger partial charge in [0.15, 0.2) is 0 Å². The third-order valence-electron chi connectivity index (χ3n) is 3.10. The van der Waals surface area contributed by atoms with Crippen LogP contribution in [-0.2, 0) is 12.8 Å². The van der Waals surface area contributed by atoms with Crippen molar-refractivity contribution < 1.29 is 4.92 Å². The lowest BCUT2D eigenvalue weighted by Gasteiger charge is -2.06. The SMILES string of the molecule is CCCc1cc(NCCc2ccc([N+](=O)[O-])cc2)ncn1. The summed E-state index contributed by atoms with van der Waals surface area (Å²) in [6.07, 6.45) is 4.35. The summed E-state index contributed by atoms with van der Waals surface area (Å²) < 4.78 is 0. The molecule has 0 saturated heterocycles. The van der Waals surface area contributed by atoms with Crippen molar-refractivity contribution >= 4 is 11.5 Å². The van der Waals surface area contributed by atoms with Crippen molar-refractivity contribution in [3.8, 4) is 0 Å². The molecule has 0 aliphatic carbocycles. The maximum atomic E-state index is 10.6. The van der Waals surface area contributed by atoms with E-state index < -0.39 is 4.92 Å². The standard InChI is InChI=1S/C15H18N4O2/c1-2-3-13-10-15(18-11-17-13)16-9-8-12-4-6-14(7-5-12)19(20)21/h4-7,10-11H,2-3,8-9H2,1H3,(H,16,17,18). The average Bonchev–Trinajstić information content (AvgIpc) is 2.48. The predicted molar refractivity (Wildman–Crippen MR) is 81.3 cm³/mol. The topological polar surface area (TPSA) is 81.0 Å². The Morgan fingerprint density at radius 1 is 1.19 bits per heavy atom. The third kappa shape index (κ3) is 4.52. The average molecular weight is 286 g/mol. The zero-order chi connectivity index (χ0) is 15.1. The maximum Gasteiger partial charge on any atom is 0.269 e. The van der Waals surface area contributed by atoms with Gasteiger partial charge < -0.3 is 5.32 Å². The van der Waals surface area contributed by atoms with Crippen molar-refractivity contribution in [2.45, 2.75) is 26.2 Å². The molecule has 0 amide bonds. The minimum atomic E-state index is -0.391. The Kier molecular flexibility index (Phi) is 5.20. The van der Waals surface area contributed by atoms with Gasteiger partial charge in [0.25, 0.3) is 5.69 Å². The Bertz CT molecular complexity index is 599. The highest BCUT2D eigenvalue weighted by atomic mass is 16.6. The van der Waals surface area contributed by atoms with Crippen LogP contribution < -0.4 is 5.32 Å². The van der Waals surface area contributed by atoms with Crippen molar-refractivity contribution in [1.29, 1.82) is 0 Å². The van der Waals surface area contributed by atoms with E-state index in [2.05, 4.69) is 22.2 Å². The van der Waals surface area contributed by atoms with E-state index in [-0.39, 0.29) is 5.69 Å². The Labute approximate surface area is 123 Å². The number of benzene rings is 1. The Morgan fingerprint density at radius 2 is 1.95 bits per heavy atom. The normalized spacial score (nSPS) is 10.3. The van der Waals surface area contributed by atoms with Crippen LogP contribution >= 0.6 is 0 Å². The van der Waals surface area contributed by atoms with Crippen molar-refractivity contribution in [1.82, 2.24) is 9.97 Å². The van der Waals surface area contributed by atoms with Crippen LogP contribution in [0.3, 0.4) is 0 Å². The number of non-ortho nitro benzene ring substituents is 1. The quantitative estimate of drug-likeness (QED) is 0.625. The van der Waals surface area contributed by atoms with E-state index >= 15 is 0 Å². The first-order valence-electron chi connectivity index (χ1n) is 6.97. The van der Waals surface area contributed by atoms with E-state index in [1.807, 2.05) is 6.07 Å². The lowest BCUT2D eigenvalue weighted by molar-refractivity contribution is -0.384. The molecule has 0 bridgehead atoms. The highest BCUT2D eigenvalue weighted by Crippen LogP contribution is 2.12. The number of nitro groups is 1. The van der Waals surface area contributed by atoms with E-state index in [4.69, 9.17) is 0 Å². The molecule has 0 aliphatic rings. The number of nitro benzene ring substituents is 1. The molecule has 0 fully saturated rings. The minimum Gasteiger partial charge on any atom is -0.370 e. The van der Waals surface area contributed by atoms with Gasteiger partial charge in [0, 0.05) is 30.4 Å². The summed E-state index contributed by atoms with van der Waals surface area (Å²) in [5.74, 6) is 0.815. The lowest BCUT2D eigenvalue weighted by atomic mass is 10.1. The molecule has 0 spiro atoms. The largest absolute Gasteiger partial charge is 0.370 e. The second-order valence-electron chi connectivity index (χ2n) is 4.74. The van der Waals surface area contributed by atoms with Crippen LogP contribution in [0.4, 0.5) is 11.5 Å². The molecule has 6 heteroatoms. The smallest absolute Gasteiger partial charge is 0.269 e. The summed E-state index contributed by atoms with van der Waals surface area (Å²) in [6.45, 7) is 2.84. The van der Waals surface area contributed by atoms with Crippen LogP contribution in [0.5, 0.6) is 0 Å². The Morgan fingerprint density at radius 3 is 2.62 bits per heavy atom. The number of hydrogen-bond donors (Lipinski definition) is 1. The van der Waals surface area contributed by atoms with E-state index in [1.165, 1.54) is 12.1 Å². The first kappa shape index (κ1) is 14.9. The number of nitrogens with zero attached hydrogens (tertiary/aromatic N) is 3. The molecule has 0 radical (unpaired) electrons. The number of aromatic nitrogens is 2. The number of hydrogen-bond acceptors (Lipinski definition) is 5. The second-order valence-corrected chi connectivity index (χ2v) is 4.74. The van der Waals surface area contributed by atoms with Crippen molar-refractivity contribution in [3.63, 3.8) is 0 Å². The summed E-state index contributed by atoms with van der Waals surface area (Å²) in [4.78, 5) is 18.6. The third-order valence-corrected chi connectivity index (χ3v) is 3.10. The van der Waals surface area contributed by atoms with Gasteiger partial charge in [-0.2, -0.15) is 0 Å². The van der Waals surface area contributed by atoms with E-state index in [9.17, 15) is 10.1 Å². The fourth-order valence-electron chi connectivity index (χ4n) is 2.01. The van der Waals surface area contributed by atoms with E-state index in [1.54, 1.807) is 18.5 Å². The highest BCUT2D eigenvalue weighted by molar-refractivity contribution is 5.36. The first-order valence-corrected chi connectivity index (χ1v) is 6.97. The van der Waals surface area contributed by atoms with Crippen molar-refractivity contribution in [2.24, 2.45) is 0 Å². The van der Waals surface area contributed by atoms with Gasteiger partial charge in [-0.15, -0.1) is 0 Å². The molecule has 2 aromatic rings. The molecular formula is C15H18N4O2. The van der Waals surface area contributed by atoms with Gasteiger partial charge in [0.05, 0.1) is 4.92 Å². The van der Waals surface area contributed by atoms with Crippen LogP contribution in [0.15, 0.2) is 36.7 Å². The van der Waals surface area contributed by atoms with Gasteiger partial charge in [-0.05, 0) is 18.4 Å². The highest BCUT2D eigenvalue weighted by Gasteiger charge is 2.04. The molecule has 0 atom stereocenters. The minimum absolute atomic E-state index is 0.117. The number of nitrogens with one attached hydrogen (secondary N) is 1. The molecule has 1 aromatic heterocycles. The monoisotopic (exact) mass is 286 g/mol. The van der Waals surface area contributed by atoms with Gasteiger partial charge >= 0.3 is 0 Å². The molecule has 1 N–H and O–H groups in total. The van der Waals surface area contributed by atoms with Gasteiger partial charge in [0.2, 0.25) is 0 Å². The number of rotatable bonds is 7. The van der Waals surface area contributed by atoms with Crippen molar-refractivity contribution in [3.05, 3.63) is 58.0 Å². The molecule has 0 saturated carbocycles. The zero-order valence-corrected chi connectivity index (χ0v) is 12.0. The van der Waals surface area contributed by atoms with Crippen LogP contribution in [-0.4, -0.2) is 21.4 Å². The van der Waals surface area contributed by atoms with Crippen LogP contribution in [0.2, 0.25) is 0 Å². The van der Waals surface area contributed by atoms with Gasteiger partial charge in [-0.3, -0.25) is 10.1 Å². The molecule has 21 heavy (non-hydrogen) atoms. The maximum absolute atomic E-state index is 10.6. The molecule has 110 valence electrons. The molecule has 0 aliphatic heterocycles. The lowest BCUT2D eigenvalue weighted by Crippen LogP contribution is -2.07. The number of anilines is 1. The predicted octanol–water partition coefficient (Wildman–Crippen LogP) is 2.99. The van der Waals surface area contributed by atoms with E-state index in [0.29, 0.717) is 0 Å². The summed E-state index contributed by atoms with van der Waals surface area (Å²) in [6, 6.07) is 8.57. The molecule has 6 nitrogen and oxygen atoms in total. The Balaban J connectivity index is 1.86.